The number of ketones is 1. The number of nitrogens with zero attached hydrogens (tertiary/aromatic N) is 2. The molecule has 3 aliphatic rings. The number of carbonyl (C=O) groups is 4. The first-order chi connectivity index (χ1) is 11.5. The van der Waals surface area contributed by atoms with E-state index < -0.39 is 35.0 Å². The SMILES string of the molecule is Cl.Nc1nc(C(=O)C(=O)NC2C(=O)N3C4=C(COC4=O)CSC23)cs1. The van der Waals surface area contributed by atoms with Gasteiger partial charge < -0.3 is 15.8 Å². The number of halogens is 1. The van der Waals surface area contributed by atoms with E-state index in [9.17, 15) is 19.2 Å². The van der Waals surface area contributed by atoms with E-state index in [2.05, 4.69) is 10.3 Å². The van der Waals surface area contributed by atoms with Crippen LogP contribution >= 0.6 is 35.5 Å². The Hall–Kier alpha value is -2.11. The molecule has 2 atom stereocenters. The highest BCUT2D eigenvalue weighted by Gasteiger charge is 2.56. The summed E-state index contributed by atoms with van der Waals surface area (Å²) >= 11 is 2.46. The van der Waals surface area contributed by atoms with Crippen molar-refractivity contribution in [3.8, 4) is 0 Å². The van der Waals surface area contributed by atoms with Crippen molar-refractivity contribution >= 4 is 64.2 Å². The average Bonchev–Trinajstić information content (AvgIpc) is 3.16. The average molecular weight is 403 g/mol. The quantitative estimate of drug-likeness (QED) is 0.300. The summed E-state index contributed by atoms with van der Waals surface area (Å²) in [5.74, 6) is -2.19. The summed E-state index contributed by atoms with van der Waals surface area (Å²) < 4.78 is 4.93. The van der Waals surface area contributed by atoms with Crippen LogP contribution in [0.5, 0.6) is 0 Å². The number of anilines is 1. The number of nitrogens with one attached hydrogen (secondary N) is 1. The van der Waals surface area contributed by atoms with Gasteiger partial charge in [0.1, 0.15) is 29.4 Å². The van der Waals surface area contributed by atoms with Gasteiger partial charge in [-0.1, -0.05) is 0 Å². The van der Waals surface area contributed by atoms with E-state index in [0.29, 0.717) is 5.75 Å². The molecule has 1 fully saturated rings. The number of thiazole rings is 1. The van der Waals surface area contributed by atoms with E-state index in [0.717, 1.165) is 16.9 Å². The van der Waals surface area contributed by atoms with Gasteiger partial charge in [0.15, 0.2) is 5.13 Å². The molecule has 2 unspecified atom stereocenters. The maximum Gasteiger partial charge on any atom is 0.355 e. The van der Waals surface area contributed by atoms with Gasteiger partial charge in [0.2, 0.25) is 0 Å². The van der Waals surface area contributed by atoms with Crippen molar-refractivity contribution in [2.75, 3.05) is 18.1 Å². The lowest BCUT2D eigenvalue weighted by atomic mass is 10.0. The van der Waals surface area contributed by atoms with Crippen LogP contribution in [0.2, 0.25) is 0 Å². The van der Waals surface area contributed by atoms with Crippen LogP contribution in [-0.2, 0) is 19.1 Å². The smallest absolute Gasteiger partial charge is 0.355 e. The number of aromatic nitrogens is 1. The summed E-state index contributed by atoms with van der Waals surface area (Å²) in [6.45, 7) is 0.193. The second-order valence-corrected chi connectivity index (χ2v) is 7.28. The molecule has 25 heavy (non-hydrogen) atoms. The first-order valence-corrected chi connectivity index (χ1v) is 8.80. The third kappa shape index (κ3) is 2.68. The minimum Gasteiger partial charge on any atom is -0.456 e. The topological polar surface area (TPSA) is 132 Å². The number of fused-ring (bicyclic) bond motifs is 2. The van der Waals surface area contributed by atoms with Gasteiger partial charge in [0, 0.05) is 16.7 Å². The van der Waals surface area contributed by atoms with E-state index in [-0.39, 0.29) is 35.5 Å². The van der Waals surface area contributed by atoms with E-state index >= 15 is 0 Å². The number of rotatable bonds is 3. The van der Waals surface area contributed by atoms with Crippen molar-refractivity contribution in [2.45, 2.75) is 11.4 Å². The lowest BCUT2D eigenvalue weighted by Gasteiger charge is -2.48. The Balaban J connectivity index is 0.00000182. The molecule has 9 nitrogen and oxygen atoms in total. The second kappa shape index (κ2) is 6.32. The number of nitrogens with two attached hydrogens (primary N) is 1. The standard InChI is InChI=1S/C13H10N4O5S2.ClH/c14-13-15-5(3-24-13)8(18)9(19)16-6-10(20)17-7-4(1-22-12(7)21)2-23-11(6)17;/h3,6,11H,1-2H2,(H2,14,15)(H,16,19);1H. The van der Waals surface area contributed by atoms with Crippen LogP contribution in [0.3, 0.4) is 0 Å². The van der Waals surface area contributed by atoms with Crippen LogP contribution in [0.4, 0.5) is 5.13 Å². The Kier molecular flexibility index (Phi) is 4.47. The molecule has 12 heteroatoms. The molecule has 1 saturated heterocycles. The van der Waals surface area contributed by atoms with Crippen molar-refractivity contribution < 1.29 is 23.9 Å². The van der Waals surface area contributed by atoms with E-state index in [1.165, 1.54) is 22.0 Å². The molecule has 0 aromatic carbocycles. The fraction of sp³-hybridized carbons (Fsp3) is 0.308. The Bertz CT molecular complexity index is 838. The Morgan fingerprint density at radius 3 is 2.84 bits per heavy atom. The summed E-state index contributed by atoms with van der Waals surface area (Å²) in [4.78, 5) is 53.1. The summed E-state index contributed by atoms with van der Waals surface area (Å²) in [6, 6.07) is -0.857. The molecule has 0 radical (unpaired) electrons. The first-order valence-electron chi connectivity index (χ1n) is 6.87. The van der Waals surface area contributed by atoms with E-state index in [1.807, 2.05) is 0 Å². The molecule has 132 valence electrons. The van der Waals surface area contributed by atoms with Gasteiger partial charge in [-0.15, -0.1) is 35.5 Å². The number of β-lactam (4-membered cyclic amide) rings is 1. The molecule has 1 aromatic heterocycles. The van der Waals surface area contributed by atoms with Crippen molar-refractivity contribution in [1.82, 2.24) is 15.2 Å². The summed E-state index contributed by atoms with van der Waals surface area (Å²) in [6.07, 6.45) is 0. The molecule has 4 rings (SSSR count). The zero-order valence-electron chi connectivity index (χ0n) is 12.4. The fourth-order valence-electron chi connectivity index (χ4n) is 2.72. The minimum absolute atomic E-state index is 0. The van der Waals surface area contributed by atoms with Gasteiger partial charge in [-0.25, -0.2) is 9.78 Å². The third-order valence-electron chi connectivity index (χ3n) is 3.87. The lowest BCUT2D eigenvalue weighted by molar-refractivity contribution is -0.150. The Morgan fingerprint density at radius 1 is 1.40 bits per heavy atom. The number of carbonyl (C=O) groups excluding carboxylic acids is 4. The van der Waals surface area contributed by atoms with Crippen molar-refractivity contribution in [3.05, 3.63) is 22.3 Å². The number of nitrogen functional groups attached to an aromatic ring is 1. The molecular formula is C13H11ClN4O5S2. The summed E-state index contributed by atoms with van der Waals surface area (Å²) in [5.41, 5.74) is 6.42. The molecule has 2 amide bonds. The zero-order chi connectivity index (χ0) is 17.0. The molecule has 0 aliphatic carbocycles. The number of amides is 2. The van der Waals surface area contributed by atoms with Gasteiger partial charge in [-0.3, -0.25) is 19.3 Å². The molecular weight excluding hydrogens is 392 g/mol. The predicted octanol–water partition coefficient (Wildman–Crippen LogP) is -0.459. The number of hydrogen-bond acceptors (Lipinski definition) is 9. The van der Waals surface area contributed by atoms with Crippen molar-refractivity contribution in [2.24, 2.45) is 0 Å². The van der Waals surface area contributed by atoms with Gasteiger partial charge >= 0.3 is 5.97 Å². The maximum absolute atomic E-state index is 12.3. The zero-order valence-corrected chi connectivity index (χ0v) is 14.8. The van der Waals surface area contributed by atoms with Crippen molar-refractivity contribution in [1.29, 1.82) is 0 Å². The van der Waals surface area contributed by atoms with Crippen LogP contribution in [0.25, 0.3) is 0 Å². The molecule has 4 heterocycles. The van der Waals surface area contributed by atoms with Crippen LogP contribution < -0.4 is 11.1 Å². The predicted molar refractivity (Wildman–Crippen MR) is 91.1 cm³/mol. The monoisotopic (exact) mass is 402 g/mol. The highest BCUT2D eigenvalue weighted by atomic mass is 35.5. The van der Waals surface area contributed by atoms with Crippen LogP contribution in [-0.4, -0.2) is 57.2 Å². The van der Waals surface area contributed by atoms with Crippen LogP contribution in [0.1, 0.15) is 10.5 Å². The fourth-order valence-corrected chi connectivity index (χ4v) is 4.59. The highest BCUT2D eigenvalue weighted by molar-refractivity contribution is 8.00. The third-order valence-corrected chi connectivity index (χ3v) is 5.88. The number of Topliss-reactive ketones (excluding diaryl/α,β-unsaturated/α-hetero) is 1. The first kappa shape index (κ1) is 17.7. The van der Waals surface area contributed by atoms with Gasteiger partial charge in [0.25, 0.3) is 17.6 Å². The molecule has 0 saturated carbocycles. The van der Waals surface area contributed by atoms with Crippen molar-refractivity contribution in [3.63, 3.8) is 0 Å². The second-order valence-electron chi connectivity index (χ2n) is 5.29. The normalized spacial score (nSPS) is 23.9. The molecule has 1 aromatic rings. The summed E-state index contributed by atoms with van der Waals surface area (Å²) in [7, 11) is 0. The lowest BCUT2D eigenvalue weighted by Crippen LogP contribution is -2.70. The highest BCUT2D eigenvalue weighted by Crippen LogP contribution is 2.42. The van der Waals surface area contributed by atoms with E-state index in [1.54, 1.807) is 0 Å². The number of ether oxygens (including phenoxy) is 1. The molecule has 3 aliphatic heterocycles. The minimum atomic E-state index is -0.923. The van der Waals surface area contributed by atoms with Crippen LogP contribution in [0.15, 0.2) is 16.7 Å². The molecule has 0 spiro atoms. The Morgan fingerprint density at radius 2 is 2.16 bits per heavy atom. The Labute approximate surface area is 155 Å². The number of cyclic esters (lactones) is 1. The summed E-state index contributed by atoms with van der Waals surface area (Å²) in [5, 5.41) is 3.56. The van der Waals surface area contributed by atoms with Gasteiger partial charge in [-0.2, -0.15) is 0 Å². The molecule has 0 bridgehead atoms. The maximum atomic E-state index is 12.3. The number of esters is 1. The van der Waals surface area contributed by atoms with E-state index in [4.69, 9.17) is 10.5 Å². The van der Waals surface area contributed by atoms with Gasteiger partial charge in [0.05, 0.1) is 0 Å². The largest absolute Gasteiger partial charge is 0.456 e. The number of thioether (sulfide) groups is 1. The molecule has 3 N–H and O–H groups in total. The van der Waals surface area contributed by atoms with Gasteiger partial charge in [-0.05, 0) is 0 Å². The number of hydrogen-bond donors (Lipinski definition) is 2. The van der Waals surface area contributed by atoms with Crippen LogP contribution in [0, 0.1) is 0 Å².